The predicted molar refractivity (Wildman–Crippen MR) is 67.3 cm³/mol. The first-order valence-electron chi connectivity index (χ1n) is 5.83. The fourth-order valence-corrected chi connectivity index (χ4v) is 2.34. The minimum atomic E-state index is -0.299. The van der Waals surface area contributed by atoms with Gasteiger partial charge in [0.1, 0.15) is 0 Å². The first-order valence-corrected chi connectivity index (χ1v) is 5.83. The third-order valence-corrected chi connectivity index (χ3v) is 3.30. The highest BCUT2D eigenvalue weighted by molar-refractivity contribution is 5.89. The Kier molecular flexibility index (Phi) is 3.33. The van der Waals surface area contributed by atoms with Gasteiger partial charge in [-0.2, -0.15) is 0 Å². The molecule has 0 spiro atoms. The summed E-state index contributed by atoms with van der Waals surface area (Å²) in [5.74, 6) is 0.339. The van der Waals surface area contributed by atoms with E-state index in [1.807, 2.05) is 13.0 Å². The fraction of sp³-hybridized carbons (Fsp3) is 0.462. The van der Waals surface area contributed by atoms with Crippen LogP contribution in [0.2, 0.25) is 0 Å². The second-order valence-electron chi connectivity index (χ2n) is 4.41. The predicted octanol–water partition coefficient (Wildman–Crippen LogP) is 2.01. The monoisotopic (exact) mass is 234 g/mol. The highest BCUT2D eigenvalue weighted by atomic mass is 16.5. The lowest BCUT2D eigenvalue weighted by Crippen LogP contribution is -2.38. The lowest BCUT2D eigenvalue weighted by Gasteiger charge is -2.33. The molecule has 0 bridgehead atoms. The second-order valence-corrected chi connectivity index (χ2v) is 4.41. The molecule has 0 saturated heterocycles. The van der Waals surface area contributed by atoms with Gasteiger partial charge in [-0.3, -0.25) is 4.90 Å². The van der Waals surface area contributed by atoms with E-state index in [1.54, 1.807) is 4.90 Å². The Labute approximate surface area is 101 Å². The van der Waals surface area contributed by atoms with Crippen LogP contribution in [0.5, 0.6) is 0 Å². The summed E-state index contributed by atoms with van der Waals surface area (Å²) in [6, 6.07) is 6.15. The molecule has 1 heterocycles. The second kappa shape index (κ2) is 4.75. The summed E-state index contributed by atoms with van der Waals surface area (Å²) in [4.78, 5) is 13.4. The van der Waals surface area contributed by atoms with E-state index in [2.05, 4.69) is 12.1 Å². The molecule has 0 fully saturated rings. The summed E-state index contributed by atoms with van der Waals surface area (Å²) < 4.78 is 4.81. The molecule has 17 heavy (non-hydrogen) atoms. The molecule has 2 rings (SSSR count). The molecule has 0 saturated carbocycles. The van der Waals surface area contributed by atoms with Crippen molar-refractivity contribution < 1.29 is 9.53 Å². The Bertz CT molecular complexity index is 431. The molecule has 0 aromatic heterocycles. The number of carbonyl (C=O) groups excluding carboxylic acids is 1. The van der Waals surface area contributed by atoms with Crippen LogP contribution >= 0.6 is 0 Å². The number of anilines is 1. The van der Waals surface area contributed by atoms with Crippen LogP contribution < -0.4 is 10.6 Å². The summed E-state index contributed by atoms with van der Waals surface area (Å²) in [6.45, 7) is 3.30. The van der Waals surface area contributed by atoms with Crippen molar-refractivity contribution in [2.45, 2.75) is 19.3 Å². The smallest absolute Gasteiger partial charge is 0.414 e. The molecule has 2 N–H and O–H groups in total. The maximum atomic E-state index is 11.7. The minimum absolute atomic E-state index is 0.299. The number of nitrogens with two attached hydrogens (primary N) is 1. The van der Waals surface area contributed by atoms with Gasteiger partial charge in [-0.15, -0.1) is 0 Å². The molecule has 1 atom stereocenters. The number of rotatable bonds is 1. The zero-order chi connectivity index (χ0) is 12.4. The van der Waals surface area contributed by atoms with Gasteiger partial charge in [-0.05, 0) is 43.0 Å². The van der Waals surface area contributed by atoms with Crippen molar-refractivity contribution in [2.24, 2.45) is 5.73 Å². The number of ether oxygens (including phenoxy) is 1. The van der Waals surface area contributed by atoms with Crippen molar-refractivity contribution in [3.8, 4) is 0 Å². The number of nitrogens with zero attached hydrogens (tertiary/aromatic N) is 1. The minimum Gasteiger partial charge on any atom is -0.452 e. The topological polar surface area (TPSA) is 55.6 Å². The van der Waals surface area contributed by atoms with E-state index in [-0.39, 0.29) is 6.09 Å². The van der Waals surface area contributed by atoms with Crippen LogP contribution in [0.1, 0.15) is 23.5 Å². The Morgan fingerprint density at radius 2 is 2.35 bits per heavy atom. The van der Waals surface area contributed by atoms with Gasteiger partial charge in [0, 0.05) is 6.54 Å². The number of methoxy groups -OCH3 is 1. The molecule has 1 unspecified atom stereocenters. The molecule has 1 aromatic rings. The van der Waals surface area contributed by atoms with E-state index in [0.29, 0.717) is 19.0 Å². The maximum Gasteiger partial charge on any atom is 0.414 e. The maximum absolute atomic E-state index is 11.7. The number of amides is 1. The van der Waals surface area contributed by atoms with E-state index in [9.17, 15) is 4.79 Å². The van der Waals surface area contributed by atoms with E-state index in [1.165, 1.54) is 7.11 Å². The number of aryl methyl sites for hydroxylation is 1. The Balaban J connectivity index is 2.44. The van der Waals surface area contributed by atoms with E-state index >= 15 is 0 Å². The molecule has 4 heteroatoms. The van der Waals surface area contributed by atoms with Gasteiger partial charge in [-0.25, -0.2) is 4.79 Å². The van der Waals surface area contributed by atoms with Crippen LogP contribution in [0.4, 0.5) is 10.5 Å². The molecule has 4 nitrogen and oxygen atoms in total. The van der Waals surface area contributed by atoms with Crippen LogP contribution in [-0.4, -0.2) is 26.3 Å². The quantitative estimate of drug-likeness (QED) is 0.808. The van der Waals surface area contributed by atoms with E-state index in [4.69, 9.17) is 10.5 Å². The van der Waals surface area contributed by atoms with Crippen molar-refractivity contribution in [1.29, 1.82) is 0 Å². The third kappa shape index (κ3) is 2.13. The summed E-state index contributed by atoms with van der Waals surface area (Å²) in [7, 11) is 1.41. The number of hydrogen-bond acceptors (Lipinski definition) is 3. The van der Waals surface area contributed by atoms with Gasteiger partial charge < -0.3 is 10.5 Å². The zero-order valence-electron chi connectivity index (χ0n) is 10.3. The molecule has 1 amide bonds. The van der Waals surface area contributed by atoms with Crippen LogP contribution in [0.15, 0.2) is 18.2 Å². The van der Waals surface area contributed by atoms with Crippen molar-refractivity contribution in [1.82, 2.24) is 0 Å². The Morgan fingerprint density at radius 3 is 3.00 bits per heavy atom. The summed E-state index contributed by atoms with van der Waals surface area (Å²) in [6.07, 6.45) is 0.592. The first-order chi connectivity index (χ1) is 8.17. The number of hydrogen-bond donors (Lipinski definition) is 1. The highest BCUT2D eigenvalue weighted by Gasteiger charge is 2.28. The molecule has 92 valence electrons. The van der Waals surface area contributed by atoms with Crippen molar-refractivity contribution in [2.75, 3.05) is 25.1 Å². The SMILES string of the molecule is COC(=O)N1CCC(CN)c2ccc(C)cc21. The molecule has 0 aliphatic carbocycles. The number of fused-ring (bicyclic) bond motifs is 1. The van der Waals surface area contributed by atoms with Crippen LogP contribution in [0.25, 0.3) is 0 Å². The average Bonchev–Trinajstić information content (AvgIpc) is 2.36. The standard InChI is InChI=1S/C13H18N2O2/c1-9-3-4-11-10(8-14)5-6-15(12(11)7-9)13(16)17-2/h3-4,7,10H,5-6,8,14H2,1-2H3. The lowest BCUT2D eigenvalue weighted by atomic mass is 9.89. The largest absolute Gasteiger partial charge is 0.452 e. The zero-order valence-corrected chi connectivity index (χ0v) is 10.3. The molecule has 1 aliphatic rings. The van der Waals surface area contributed by atoms with Crippen LogP contribution in [0, 0.1) is 6.92 Å². The average molecular weight is 234 g/mol. The van der Waals surface area contributed by atoms with Gasteiger partial charge in [-0.1, -0.05) is 12.1 Å². The third-order valence-electron chi connectivity index (χ3n) is 3.30. The number of benzene rings is 1. The molecular weight excluding hydrogens is 216 g/mol. The van der Waals surface area contributed by atoms with Crippen LogP contribution in [0.3, 0.4) is 0 Å². The Hall–Kier alpha value is -1.55. The van der Waals surface area contributed by atoms with Crippen LogP contribution in [-0.2, 0) is 4.74 Å². The van der Waals surface area contributed by atoms with Crippen molar-refractivity contribution >= 4 is 11.8 Å². The van der Waals surface area contributed by atoms with Gasteiger partial charge in [0.15, 0.2) is 0 Å². The fourth-order valence-electron chi connectivity index (χ4n) is 2.34. The van der Waals surface area contributed by atoms with Gasteiger partial charge in [0.05, 0.1) is 12.8 Å². The van der Waals surface area contributed by atoms with Gasteiger partial charge in [0.25, 0.3) is 0 Å². The molecule has 1 aliphatic heterocycles. The van der Waals surface area contributed by atoms with Gasteiger partial charge in [0.2, 0.25) is 0 Å². The highest BCUT2D eigenvalue weighted by Crippen LogP contribution is 2.35. The summed E-state index contributed by atoms with van der Waals surface area (Å²) >= 11 is 0. The Morgan fingerprint density at radius 1 is 1.59 bits per heavy atom. The first kappa shape index (κ1) is 11.9. The molecule has 1 aromatic carbocycles. The normalized spacial score (nSPS) is 18.8. The number of carbonyl (C=O) groups is 1. The lowest BCUT2D eigenvalue weighted by molar-refractivity contribution is 0.178. The van der Waals surface area contributed by atoms with E-state index < -0.39 is 0 Å². The molecule has 0 radical (unpaired) electrons. The summed E-state index contributed by atoms with van der Waals surface area (Å²) in [5.41, 5.74) is 9.00. The molecular formula is C13H18N2O2. The van der Waals surface area contributed by atoms with Crippen molar-refractivity contribution in [3.05, 3.63) is 29.3 Å². The van der Waals surface area contributed by atoms with Crippen molar-refractivity contribution in [3.63, 3.8) is 0 Å². The summed E-state index contributed by atoms with van der Waals surface area (Å²) in [5, 5.41) is 0. The van der Waals surface area contributed by atoms with E-state index in [0.717, 1.165) is 23.2 Å². The van der Waals surface area contributed by atoms with Gasteiger partial charge >= 0.3 is 6.09 Å².